The number of anilines is 1. The van der Waals surface area contributed by atoms with Crippen LogP contribution in [0.25, 0.3) is 10.8 Å². The lowest BCUT2D eigenvalue weighted by Crippen LogP contribution is -2.34. The molecule has 0 bridgehead atoms. The van der Waals surface area contributed by atoms with Crippen molar-refractivity contribution in [3.63, 3.8) is 0 Å². The number of esters is 1. The van der Waals surface area contributed by atoms with Gasteiger partial charge < -0.3 is 9.64 Å². The molecule has 5 heteroatoms. The number of benzene rings is 3. The number of carbonyl (C=O) groups is 2. The molecule has 0 fully saturated rings. The van der Waals surface area contributed by atoms with Gasteiger partial charge in [-0.3, -0.25) is 9.59 Å². The fourth-order valence-electron chi connectivity index (χ4n) is 2.96. The molecule has 1 amide bonds. The van der Waals surface area contributed by atoms with Gasteiger partial charge in [-0.25, -0.2) is 0 Å². The second-order valence-corrected chi connectivity index (χ2v) is 6.54. The van der Waals surface area contributed by atoms with E-state index in [9.17, 15) is 9.59 Å². The van der Waals surface area contributed by atoms with Crippen molar-refractivity contribution in [2.45, 2.75) is 13.3 Å². The summed E-state index contributed by atoms with van der Waals surface area (Å²) in [5.74, 6) is -0.696. The van der Waals surface area contributed by atoms with E-state index in [0.29, 0.717) is 11.6 Å². The first-order valence-corrected chi connectivity index (χ1v) is 9.14. The Balaban J connectivity index is 1.66. The maximum Gasteiger partial charge on any atom is 0.310 e. The third kappa shape index (κ3) is 4.66. The van der Waals surface area contributed by atoms with E-state index in [0.717, 1.165) is 22.0 Å². The molecule has 0 saturated carbocycles. The number of hydrogen-bond donors (Lipinski definition) is 0. The van der Waals surface area contributed by atoms with Crippen molar-refractivity contribution in [2.24, 2.45) is 0 Å². The first-order valence-electron chi connectivity index (χ1n) is 8.76. The predicted molar refractivity (Wildman–Crippen MR) is 108 cm³/mol. The highest BCUT2D eigenvalue weighted by molar-refractivity contribution is 6.30. The highest BCUT2D eigenvalue weighted by atomic mass is 35.5. The minimum atomic E-state index is -0.445. The zero-order chi connectivity index (χ0) is 19.2. The van der Waals surface area contributed by atoms with Crippen LogP contribution in [0.1, 0.15) is 12.5 Å². The summed E-state index contributed by atoms with van der Waals surface area (Å²) in [6.07, 6.45) is 0.102. The van der Waals surface area contributed by atoms with Gasteiger partial charge in [0.2, 0.25) is 0 Å². The molecule has 0 spiro atoms. The molecule has 0 aliphatic carbocycles. The Morgan fingerprint density at radius 3 is 2.41 bits per heavy atom. The summed E-state index contributed by atoms with van der Waals surface area (Å²) in [5.41, 5.74) is 1.60. The topological polar surface area (TPSA) is 46.6 Å². The Bertz CT molecular complexity index is 948. The fourth-order valence-corrected chi connectivity index (χ4v) is 3.09. The molecule has 0 unspecified atom stereocenters. The smallest absolute Gasteiger partial charge is 0.310 e. The van der Waals surface area contributed by atoms with E-state index < -0.39 is 5.97 Å². The maximum atomic E-state index is 12.7. The van der Waals surface area contributed by atoms with Gasteiger partial charge >= 0.3 is 5.97 Å². The SMILES string of the molecule is CCN(C(=O)COC(=O)Cc1ccc(Cl)cc1)c1cccc2ccccc12. The highest BCUT2D eigenvalue weighted by Crippen LogP contribution is 2.26. The number of rotatable bonds is 6. The van der Waals surface area contributed by atoms with Crippen LogP contribution in [0.2, 0.25) is 5.02 Å². The summed E-state index contributed by atoms with van der Waals surface area (Å²) in [6, 6.07) is 20.7. The van der Waals surface area contributed by atoms with E-state index in [1.807, 2.05) is 49.4 Å². The first-order chi connectivity index (χ1) is 13.1. The zero-order valence-corrected chi connectivity index (χ0v) is 15.8. The Labute approximate surface area is 163 Å². The Morgan fingerprint density at radius 1 is 0.963 bits per heavy atom. The standard InChI is InChI=1S/C22H20ClNO3/c1-2-24(20-9-5-7-17-6-3-4-8-19(17)20)21(25)15-27-22(26)14-16-10-12-18(23)13-11-16/h3-13H,2,14-15H2,1H3. The molecular weight excluding hydrogens is 362 g/mol. The molecule has 0 N–H and O–H groups in total. The molecule has 3 aromatic carbocycles. The van der Waals surface area contributed by atoms with E-state index in [2.05, 4.69) is 0 Å². The second kappa shape index (κ2) is 8.69. The number of halogens is 1. The number of ether oxygens (including phenoxy) is 1. The molecule has 0 saturated heterocycles. The van der Waals surface area contributed by atoms with Gasteiger partial charge in [0, 0.05) is 17.0 Å². The Morgan fingerprint density at radius 2 is 1.67 bits per heavy atom. The van der Waals surface area contributed by atoms with Crippen LogP contribution in [0.15, 0.2) is 66.7 Å². The van der Waals surface area contributed by atoms with Crippen molar-refractivity contribution < 1.29 is 14.3 Å². The first kappa shape index (κ1) is 18.9. The van der Waals surface area contributed by atoms with Gasteiger partial charge in [0.15, 0.2) is 6.61 Å². The van der Waals surface area contributed by atoms with Gasteiger partial charge in [0.05, 0.1) is 12.1 Å². The zero-order valence-electron chi connectivity index (χ0n) is 15.0. The highest BCUT2D eigenvalue weighted by Gasteiger charge is 2.18. The van der Waals surface area contributed by atoms with E-state index >= 15 is 0 Å². The molecule has 3 rings (SSSR count). The average molecular weight is 382 g/mol. The van der Waals surface area contributed by atoms with Crippen LogP contribution in [-0.2, 0) is 20.7 Å². The van der Waals surface area contributed by atoms with E-state index in [-0.39, 0.29) is 18.9 Å². The molecule has 0 radical (unpaired) electrons. The number of likely N-dealkylation sites (N-methyl/N-ethyl adjacent to an activating group) is 1. The van der Waals surface area contributed by atoms with Crippen LogP contribution >= 0.6 is 11.6 Å². The molecule has 0 aromatic heterocycles. The molecule has 4 nitrogen and oxygen atoms in total. The quantitative estimate of drug-likeness (QED) is 0.585. The number of amides is 1. The lowest BCUT2D eigenvalue weighted by Gasteiger charge is -2.22. The summed E-state index contributed by atoms with van der Waals surface area (Å²) in [5, 5.41) is 2.65. The average Bonchev–Trinajstić information content (AvgIpc) is 2.69. The Kier molecular flexibility index (Phi) is 6.09. The normalized spacial score (nSPS) is 10.6. The van der Waals surface area contributed by atoms with Crippen molar-refractivity contribution in [3.05, 3.63) is 77.3 Å². The number of carbonyl (C=O) groups excluding carboxylic acids is 2. The van der Waals surface area contributed by atoms with Crippen LogP contribution in [-0.4, -0.2) is 25.0 Å². The van der Waals surface area contributed by atoms with Crippen molar-refractivity contribution in [1.29, 1.82) is 0 Å². The molecule has 27 heavy (non-hydrogen) atoms. The summed E-state index contributed by atoms with van der Waals surface area (Å²) in [4.78, 5) is 26.3. The molecular formula is C22H20ClNO3. The van der Waals surface area contributed by atoms with Gasteiger partial charge in [-0.2, -0.15) is 0 Å². The van der Waals surface area contributed by atoms with Gasteiger partial charge in [0.1, 0.15) is 0 Å². The minimum absolute atomic E-state index is 0.102. The van der Waals surface area contributed by atoms with Crippen LogP contribution in [0.4, 0.5) is 5.69 Å². The van der Waals surface area contributed by atoms with Gasteiger partial charge in [-0.05, 0) is 36.1 Å². The van der Waals surface area contributed by atoms with E-state index in [1.54, 1.807) is 29.2 Å². The van der Waals surface area contributed by atoms with Crippen LogP contribution in [0.3, 0.4) is 0 Å². The van der Waals surface area contributed by atoms with Crippen molar-refractivity contribution >= 4 is 39.9 Å². The van der Waals surface area contributed by atoms with Gasteiger partial charge in [0.25, 0.3) is 5.91 Å². The third-order valence-electron chi connectivity index (χ3n) is 4.29. The molecule has 138 valence electrons. The third-order valence-corrected chi connectivity index (χ3v) is 4.55. The summed E-state index contributed by atoms with van der Waals surface area (Å²) in [7, 11) is 0. The van der Waals surface area contributed by atoms with Crippen molar-refractivity contribution in [3.8, 4) is 0 Å². The second-order valence-electron chi connectivity index (χ2n) is 6.10. The molecule has 0 heterocycles. The van der Waals surface area contributed by atoms with E-state index in [4.69, 9.17) is 16.3 Å². The van der Waals surface area contributed by atoms with Crippen molar-refractivity contribution in [2.75, 3.05) is 18.1 Å². The molecule has 0 atom stereocenters. The summed E-state index contributed by atoms with van der Waals surface area (Å²) in [6.45, 7) is 2.10. The van der Waals surface area contributed by atoms with Crippen LogP contribution in [0.5, 0.6) is 0 Å². The minimum Gasteiger partial charge on any atom is -0.455 e. The van der Waals surface area contributed by atoms with E-state index in [1.165, 1.54) is 0 Å². The molecule has 0 aliphatic rings. The van der Waals surface area contributed by atoms with Crippen LogP contribution in [0, 0.1) is 0 Å². The molecule has 3 aromatic rings. The number of fused-ring (bicyclic) bond motifs is 1. The lowest BCUT2D eigenvalue weighted by molar-refractivity contribution is -0.147. The maximum absolute atomic E-state index is 12.7. The van der Waals surface area contributed by atoms with Crippen molar-refractivity contribution in [1.82, 2.24) is 0 Å². The van der Waals surface area contributed by atoms with Gasteiger partial charge in [-0.15, -0.1) is 0 Å². The largest absolute Gasteiger partial charge is 0.455 e. The number of hydrogen-bond acceptors (Lipinski definition) is 3. The Hall–Kier alpha value is -2.85. The number of nitrogens with zero attached hydrogens (tertiary/aromatic N) is 1. The van der Waals surface area contributed by atoms with Gasteiger partial charge in [-0.1, -0.05) is 60.1 Å². The lowest BCUT2D eigenvalue weighted by atomic mass is 10.1. The summed E-state index contributed by atoms with van der Waals surface area (Å²) < 4.78 is 5.19. The molecule has 0 aliphatic heterocycles. The predicted octanol–water partition coefficient (Wildman–Crippen LogP) is 4.63. The monoisotopic (exact) mass is 381 g/mol. The summed E-state index contributed by atoms with van der Waals surface area (Å²) >= 11 is 5.84. The fraction of sp³-hybridized carbons (Fsp3) is 0.182. The van der Waals surface area contributed by atoms with Crippen LogP contribution < -0.4 is 4.90 Å².